The van der Waals surface area contributed by atoms with Crippen LogP contribution in [-0.4, -0.2) is 36.3 Å². The molecule has 9 heteroatoms. The van der Waals surface area contributed by atoms with E-state index in [0.29, 0.717) is 5.69 Å². The molecular formula is C19H19F4N3O2. The number of benzene rings is 2. The van der Waals surface area contributed by atoms with E-state index in [4.69, 9.17) is 0 Å². The Balaban J connectivity index is 1.90. The van der Waals surface area contributed by atoms with Crippen LogP contribution < -0.4 is 10.6 Å². The van der Waals surface area contributed by atoms with E-state index in [2.05, 4.69) is 10.6 Å². The number of hydrogen-bond acceptors (Lipinski definition) is 3. The molecule has 28 heavy (non-hydrogen) atoms. The number of nitrogens with one attached hydrogen (secondary N) is 2. The standard InChI is InChI=1S/C19H19F4N3O2/c1-12(18(28)25-15-8-6-13(7-9-15)19(21,22)23)26(2)11-17(27)24-16-5-3-4-14(20)10-16/h3-10,12H,11H2,1-2H3,(H,24,27)(H,25,28)/t12-/m1/s1. The highest BCUT2D eigenvalue weighted by Crippen LogP contribution is 2.29. The van der Waals surface area contributed by atoms with Gasteiger partial charge in [0.2, 0.25) is 11.8 Å². The van der Waals surface area contributed by atoms with E-state index in [0.717, 1.165) is 24.3 Å². The van der Waals surface area contributed by atoms with Gasteiger partial charge in [-0.15, -0.1) is 0 Å². The highest BCUT2D eigenvalue weighted by molar-refractivity contribution is 5.96. The van der Waals surface area contributed by atoms with Gasteiger partial charge in [0.25, 0.3) is 0 Å². The number of carbonyl (C=O) groups excluding carboxylic acids is 2. The lowest BCUT2D eigenvalue weighted by Gasteiger charge is -2.23. The lowest BCUT2D eigenvalue weighted by atomic mass is 10.2. The average molecular weight is 397 g/mol. The van der Waals surface area contributed by atoms with Crippen LogP contribution >= 0.6 is 0 Å². The quantitative estimate of drug-likeness (QED) is 0.730. The molecule has 0 heterocycles. The Kier molecular flexibility index (Phi) is 6.74. The molecule has 2 aromatic carbocycles. The van der Waals surface area contributed by atoms with Crippen LogP contribution in [0, 0.1) is 5.82 Å². The van der Waals surface area contributed by atoms with E-state index < -0.39 is 35.4 Å². The van der Waals surface area contributed by atoms with Crippen LogP contribution in [-0.2, 0) is 15.8 Å². The summed E-state index contributed by atoms with van der Waals surface area (Å²) in [5, 5.41) is 5.02. The first-order valence-electron chi connectivity index (χ1n) is 8.30. The second-order valence-corrected chi connectivity index (χ2v) is 6.21. The van der Waals surface area contributed by atoms with Crippen molar-refractivity contribution in [1.29, 1.82) is 0 Å². The summed E-state index contributed by atoms with van der Waals surface area (Å²) in [7, 11) is 1.54. The Morgan fingerprint density at radius 2 is 1.68 bits per heavy atom. The number of hydrogen-bond donors (Lipinski definition) is 2. The molecule has 150 valence electrons. The van der Waals surface area contributed by atoms with Crippen LogP contribution in [0.2, 0.25) is 0 Å². The summed E-state index contributed by atoms with van der Waals surface area (Å²) in [5.74, 6) is -1.42. The van der Waals surface area contributed by atoms with Crippen LogP contribution in [0.4, 0.5) is 28.9 Å². The van der Waals surface area contributed by atoms with Gasteiger partial charge in [-0.25, -0.2) is 4.39 Å². The van der Waals surface area contributed by atoms with Crippen molar-refractivity contribution in [3.8, 4) is 0 Å². The molecule has 0 radical (unpaired) electrons. The summed E-state index contributed by atoms with van der Waals surface area (Å²) in [6, 6.07) is 8.71. The van der Waals surface area contributed by atoms with Gasteiger partial charge in [-0.3, -0.25) is 14.5 Å². The van der Waals surface area contributed by atoms with Crippen molar-refractivity contribution in [2.24, 2.45) is 0 Å². The Hall–Kier alpha value is -2.94. The predicted octanol–water partition coefficient (Wildman–Crippen LogP) is 3.74. The predicted molar refractivity (Wildman–Crippen MR) is 97.2 cm³/mol. The largest absolute Gasteiger partial charge is 0.416 e. The molecule has 0 spiro atoms. The number of carbonyl (C=O) groups is 2. The van der Waals surface area contributed by atoms with Gasteiger partial charge in [0, 0.05) is 11.4 Å². The lowest BCUT2D eigenvalue weighted by molar-refractivity contribution is -0.137. The van der Waals surface area contributed by atoms with Gasteiger partial charge < -0.3 is 10.6 Å². The van der Waals surface area contributed by atoms with Crippen LogP contribution in [0.1, 0.15) is 12.5 Å². The van der Waals surface area contributed by atoms with Gasteiger partial charge in [0.1, 0.15) is 5.82 Å². The average Bonchev–Trinajstić information content (AvgIpc) is 2.60. The molecular weight excluding hydrogens is 378 g/mol. The maximum Gasteiger partial charge on any atom is 0.416 e. The molecule has 0 unspecified atom stereocenters. The van der Waals surface area contributed by atoms with E-state index in [1.807, 2.05) is 0 Å². The smallest absolute Gasteiger partial charge is 0.325 e. The fourth-order valence-electron chi connectivity index (χ4n) is 2.32. The van der Waals surface area contributed by atoms with Crippen LogP contribution in [0.15, 0.2) is 48.5 Å². The first-order chi connectivity index (χ1) is 13.1. The summed E-state index contributed by atoms with van der Waals surface area (Å²) >= 11 is 0. The summed E-state index contributed by atoms with van der Waals surface area (Å²) in [6.45, 7) is 1.41. The van der Waals surface area contributed by atoms with Crippen LogP contribution in [0.5, 0.6) is 0 Å². The molecule has 2 aromatic rings. The second kappa shape index (κ2) is 8.83. The molecule has 0 aliphatic rings. The van der Waals surface area contributed by atoms with E-state index in [-0.39, 0.29) is 12.2 Å². The SMILES string of the molecule is C[C@H](C(=O)Nc1ccc(C(F)(F)F)cc1)N(C)CC(=O)Nc1cccc(F)c1. The van der Waals surface area contributed by atoms with E-state index in [9.17, 15) is 27.2 Å². The zero-order chi connectivity index (χ0) is 20.9. The molecule has 0 saturated heterocycles. The number of alkyl halides is 3. The third kappa shape index (κ3) is 6.05. The monoisotopic (exact) mass is 397 g/mol. The minimum atomic E-state index is -4.45. The molecule has 0 aliphatic heterocycles. The normalized spacial score (nSPS) is 12.5. The third-order valence-electron chi connectivity index (χ3n) is 4.02. The fourth-order valence-corrected chi connectivity index (χ4v) is 2.32. The van der Waals surface area contributed by atoms with Gasteiger partial charge in [0.15, 0.2) is 0 Å². The highest BCUT2D eigenvalue weighted by Gasteiger charge is 2.30. The van der Waals surface area contributed by atoms with Crippen molar-refractivity contribution < 1.29 is 27.2 Å². The molecule has 0 bridgehead atoms. The zero-order valence-electron chi connectivity index (χ0n) is 15.2. The first-order valence-corrected chi connectivity index (χ1v) is 8.30. The van der Waals surface area contributed by atoms with Crippen molar-refractivity contribution in [3.63, 3.8) is 0 Å². The second-order valence-electron chi connectivity index (χ2n) is 6.21. The maximum absolute atomic E-state index is 13.1. The molecule has 2 amide bonds. The van der Waals surface area contributed by atoms with Crippen LogP contribution in [0.25, 0.3) is 0 Å². The zero-order valence-corrected chi connectivity index (χ0v) is 15.2. The third-order valence-corrected chi connectivity index (χ3v) is 4.02. The molecule has 1 atom stereocenters. The number of anilines is 2. The van der Waals surface area contributed by atoms with Gasteiger partial charge in [-0.1, -0.05) is 6.07 Å². The van der Waals surface area contributed by atoms with E-state index in [1.165, 1.54) is 29.2 Å². The minimum Gasteiger partial charge on any atom is -0.325 e. The lowest BCUT2D eigenvalue weighted by Crippen LogP contribution is -2.43. The summed E-state index contributed by atoms with van der Waals surface area (Å²) in [5.41, 5.74) is -0.313. The molecule has 0 fully saturated rings. The molecule has 0 saturated carbocycles. The molecule has 0 aliphatic carbocycles. The Bertz CT molecular complexity index is 838. The number of nitrogens with zero attached hydrogens (tertiary/aromatic N) is 1. The molecule has 2 rings (SSSR count). The summed E-state index contributed by atoms with van der Waals surface area (Å²) < 4.78 is 50.8. The number of likely N-dealkylation sites (N-methyl/N-ethyl adjacent to an activating group) is 1. The van der Waals surface area contributed by atoms with Crippen molar-refractivity contribution in [2.45, 2.75) is 19.1 Å². The topological polar surface area (TPSA) is 61.4 Å². The van der Waals surface area contributed by atoms with Crippen molar-refractivity contribution in [1.82, 2.24) is 4.90 Å². The van der Waals surface area contributed by atoms with Gasteiger partial charge >= 0.3 is 6.18 Å². The van der Waals surface area contributed by atoms with Crippen molar-refractivity contribution in [2.75, 3.05) is 24.2 Å². The first kappa shape index (κ1) is 21.4. The fraction of sp³-hybridized carbons (Fsp3) is 0.263. The van der Waals surface area contributed by atoms with Crippen molar-refractivity contribution >= 4 is 23.2 Å². The Morgan fingerprint density at radius 1 is 1.04 bits per heavy atom. The number of halogens is 4. The number of amides is 2. The van der Waals surface area contributed by atoms with E-state index >= 15 is 0 Å². The Labute approximate surface area is 159 Å². The number of rotatable bonds is 6. The maximum atomic E-state index is 13.1. The summed E-state index contributed by atoms with van der Waals surface area (Å²) in [6.07, 6.45) is -4.45. The van der Waals surface area contributed by atoms with Gasteiger partial charge in [0.05, 0.1) is 18.2 Å². The Morgan fingerprint density at radius 3 is 2.25 bits per heavy atom. The van der Waals surface area contributed by atoms with Crippen LogP contribution in [0.3, 0.4) is 0 Å². The van der Waals surface area contributed by atoms with Gasteiger partial charge in [-0.05, 0) is 56.4 Å². The highest BCUT2D eigenvalue weighted by atomic mass is 19.4. The minimum absolute atomic E-state index is 0.141. The summed E-state index contributed by atoms with van der Waals surface area (Å²) in [4.78, 5) is 25.8. The molecule has 5 nitrogen and oxygen atoms in total. The van der Waals surface area contributed by atoms with Gasteiger partial charge in [-0.2, -0.15) is 13.2 Å². The van der Waals surface area contributed by atoms with E-state index in [1.54, 1.807) is 14.0 Å². The molecule has 2 N–H and O–H groups in total. The van der Waals surface area contributed by atoms with Crippen molar-refractivity contribution in [3.05, 3.63) is 59.9 Å². The molecule has 0 aromatic heterocycles.